The quantitative estimate of drug-likeness (QED) is 0.714. The zero-order valence-electron chi connectivity index (χ0n) is 13.3. The number of ether oxygens (including phenoxy) is 2. The third kappa shape index (κ3) is 4.00. The maximum Gasteiger partial charge on any atom is 0.237 e. The second-order valence-corrected chi connectivity index (χ2v) is 5.83. The number of hydrogen-bond donors (Lipinski definition) is 0. The van der Waals surface area contributed by atoms with Crippen molar-refractivity contribution < 1.29 is 14.3 Å². The van der Waals surface area contributed by atoms with Gasteiger partial charge >= 0.3 is 0 Å². The van der Waals surface area contributed by atoms with Crippen LogP contribution >= 0.6 is 11.6 Å². The van der Waals surface area contributed by atoms with E-state index in [-0.39, 0.29) is 11.8 Å². The van der Waals surface area contributed by atoms with Crippen molar-refractivity contribution in [3.63, 3.8) is 0 Å². The van der Waals surface area contributed by atoms with E-state index in [9.17, 15) is 4.79 Å². The van der Waals surface area contributed by atoms with Crippen molar-refractivity contribution in [2.24, 2.45) is 0 Å². The van der Waals surface area contributed by atoms with E-state index in [4.69, 9.17) is 21.1 Å². The van der Waals surface area contributed by atoms with Gasteiger partial charge in [0, 0.05) is 26.5 Å². The maximum absolute atomic E-state index is 12.2. The van der Waals surface area contributed by atoms with E-state index in [0.29, 0.717) is 19.7 Å². The molecule has 1 aliphatic heterocycles. The van der Waals surface area contributed by atoms with Gasteiger partial charge in [-0.15, -0.1) is 11.6 Å². The standard InChI is InChI=1S/C15H24ClN3O3/c1-3-19-13(5-7-17-19)10-18(14(20)9-16)11-15(21-2)6-4-8-22-12-15/h5,7H,3-4,6,8-12H2,1-2H3. The number of rotatable bonds is 7. The Hall–Kier alpha value is -1.11. The summed E-state index contributed by atoms with van der Waals surface area (Å²) >= 11 is 5.78. The Morgan fingerprint density at radius 1 is 1.64 bits per heavy atom. The van der Waals surface area contributed by atoms with E-state index < -0.39 is 5.60 Å². The smallest absolute Gasteiger partial charge is 0.237 e. The zero-order valence-corrected chi connectivity index (χ0v) is 14.0. The number of alkyl halides is 1. The normalized spacial score (nSPS) is 21.8. The molecule has 0 radical (unpaired) electrons. The number of aromatic nitrogens is 2. The molecule has 1 aliphatic rings. The van der Waals surface area contributed by atoms with E-state index in [1.165, 1.54) is 0 Å². The molecule has 1 atom stereocenters. The summed E-state index contributed by atoms with van der Waals surface area (Å²) in [6.07, 6.45) is 3.56. The van der Waals surface area contributed by atoms with E-state index in [1.54, 1.807) is 18.2 Å². The first-order valence-electron chi connectivity index (χ1n) is 7.61. The lowest BCUT2D eigenvalue weighted by molar-refractivity contribution is -0.145. The van der Waals surface area contributed by atoms with Gasteiger partial charge in [0.2, 0.25) is 5.91 Å². The van der Waals surface area contributed by atoms with Gasteiger partial charge in [-0.25, -0.2) is 0 Å². The SMILES string of the molecule is CCn1nccc1CN(CC1(OC)CCCOC1)C(=O)CCl. The van der Waals surface area contributed by atoms with Crippen LogP contribution in [0.3, 0.4) is 0 Å². The summed E-state index contributed by atoms with van der Waals surface area (Å²) in [4.78, 5) is 14.0. The summed E-state index contributed by atoms with van der Waals surface area (Å²) < 4.78 is 13.1. The number of aryl methyl sites for hydroxylation is 1. The van der Waals surface area contributed by atoms with Crippen molar-refractivity contribution in [3.8, 4) is 0 Å². The number of halogens is 1. The molecule has 1 saturated heterocycles. The fraction of sp³-hybridized carbons (Fsp3) is 0.733. The van der Waals surface area contributed by atoms with Crippen LogP contribution in [-0.2, 0) is 27.4 Å². The number of carbonyl (C=O) groups is 1. The third-order valence-electron chi connectivity index (χ3n) is 4.12. The van der Waals surface area contributed by atoms with Crippen molar-refractivity contribution in [1.82, 2.24) is 14.7 Å². The van der Waals surface area contributed by atoms with Crippen LogP contribution in [0.15, 0.2) is 12.3 Å². The molecule has 22 heavy (non-hydrogen) atoms. The van der Waals surface area contributed by atoms with Crippen LogP contribution in [0, 0.1) is 0 Å². The number of amides is 1. The van der Waals surface area contributed by atoms with E-state index >= 15 is 0 Å². The van der Waals surface area contributed by atoms with E-state index in [1.807, 2.05) is 17.7 Å². The molecule has 0 bridgehead atoms. The largest absolute Gasteiger partial charge is 0.378 e. The van der Waals surface area contributed by atoms with Gasteiger partial charge in [0.1, 0.15) is 11.5 Å². The first-order valence-corrected chi connectivity index (χ1v) is 8.15. The zero-order chi connectivity index (χ0) is 16.0. The summed E-state index contributed by atoms with van der Waals surface area (Å²) in [5.74, 6) is -0.145. The van der Waals surface area contributed by atoms with Crippen molar-refractivity contribution in [3.05, 3.63) is 18.0 Å². The monoisotopic (exact) mass is 329 g/mol. The summed E-state index contributed by atoms with van der Waals surface area (Å²) in [7, 11) is 1.67. The molecule has 7 heteroatoms. The molecular formula is C15H24ClN3O3. The second kappa shape index (κ2) is 7.94. The number of methoxy groups -OCH3 is 1. The minimum atomic E-state index is -0.447. The van der Waals surface area contributed by atoms with Crippen molar-refractivity contribution in [2.45, 2.75) is 38.5 Å². The second-order valence-electron chi connectivity index (χ2n) is 5.57. The molecule has 1 aromatic rings. The van der Waals surface area contributed by atoms with Crippen LogP contribution in [0.1, 0.15) is 25.5 Å². The molecule has 1 unspecified atom stereocenters. The van der Waals surface area contributed by atoms with E-state index in [0.717, 1.165) is 31.7 Å². The fourth-order valence-corrected chi connectivity index (χ4v) is 2.99. The number of carbonyl (C=O) groups excluding carboxylic acids is 1. The average molecular weight is 330 g/mol. The number of hydrogen-bond acceptors (Lipinski definition) is 4. The average Bonchev–Trinajstić information content (AvgIpc) is 3.01. The van der Waals surface area contributed by atoms with Crippen LogP contribution in [0.5, 0.6) is 0 Å². The molecule has 1 aromatic heterocycles. The highest BCUT2D eigenvalue weighted by atomic mass is 35.5. The molecule has 1 fully saturated rings. The Morgan fingerprint density at radius 2 is 2.45 bits per heavy atom. The lowest BCUT2D eigenvalue weighted by atomic mass is 9.95. The Bertz CT molecular complexity index is 486. The van der Waals surface area contributed by atoms with Crippen LogP contribution in [0.4, 0.5) is 0 Å². The van der Waals surface area contributed by atoms with Crippen LogP contribution in [0.25, 0.3) is 0 Å². The third-order valence-corrected chi connectivity index (χ3v) is 4.35. The fourth-order valence-electron chi connectivity index (χ4n) is 2.82. The molecule has 124 valence electrons. The highest BCUT2D eigenvalue weighted by molar-refractivity contribution is 6.27. The summed E-state index contributed by atoms with van der Waals surface area (Å²) in [6.45, 7) is 4.99. The van der Waals surface area contributed by atoms with Crippen LogP contribution < -0.4 is 0 Å². The molecule has 1 amide bonds. The molecule has 2 rings (SSSR count). The number of nitrogens with zero attached hydrogens (tertiary/aromatic N) is 3. The Kier molecular flexibility index (Phi) is 6.23. The Labute approximate surface area is 136 Å². The van der Waals surface area contributed by atoms with Gasteiger partial charge in [0.15, 0.2) is 0 Å². The van der Waals surface area contributed by atoms with Gasteiger partial charge in [-0.3, -0.25) is 9.48 Å². The highest BCUT2D eigenvalue weighted by Gasteiger charge is 2.36. The van der Waals surface area contributed by atoms with Gasteiger partial charge in [-0.2, -0.15) is 5.10 Å². The first-order chi connectivity index (χ1) is 10.6. The van der Waals surface area contributed by atoms with Crippen LogP contribution in [-0.4, -0.2) is 58.9 Å². The van der Waals surface area contributed by atoms with Crippen LogP contribution in [0.2, 0.25) is 0 Å². The van der Waals surface area contributed by atoms with Crippen molar-refractivity contribution in [2.75, 3.05) is 32.7 Å². The van der Waals surface area contributed by atoms with Gasteiger partial charge in [0.25, 0.3) is 0 Å². The topological polar surface area (TPSA) is 56.6 Å². The maximum atomic E-state index is 12.2. The summed E-state index contributed by atoms with van der Waals surface area (Å²) in [5.41, 5.74) is 0.542. The van der Waals surface area contributed by atoms with Gasteiger partial charge in [-0.05, 0) is 25.8 Å². The predicted octanol–water partition coefficient (Wildman–Crippen LogP) is 1.67. The summed E-state index contributed by atoms with van der Waals surface area (Å²) in [6, 6.07) is 1.93. The lowest BCUT2D eigenvalue weighted by Gasteiger charge is -2.39. The molecule has 2 heterocycles. The Balaban J connectivity index is 2.13. The van der Waals surface area contributed by atoms with Crippen molar-refractivity contribution >= 4 is 17.5 Å². The molecule has 0 saturated carbocycles. The minimum absolute atomic E-state index is 0.0408. The molecular weight excluding hydrogens is 306 g/mol. The molecule has 0 aromatic carbocycles. The predicted molar refractivity (Wildman–Crippen MR) is 83.8 cm³/mol. The molecule has 6 nitrogen and oxygen atoms in total. The first kappa shape index (κ1) is 17.2. The molecule has 0 N–H and O–H groups in total. The molecule has 0 spiro atoms. The highest BCUT2D eigenvalue weighted by Crippen LogP contribution is 2.25. The van der Waals surface area contributed by atoms with Gasteiger partial charge < -0.3 is 14.4 Å². The minimum Gasteiger partial charge on any atom is -0.378 e. The van der Waals surface area contributed by atoms with E-state index in [2.05, 4.69) is 5.10 Å². The van der Waals surface area contributed by atoms with Crippen molar-refractivity contribution in [1.29, 1.82) is 0 Å². The Morgan fingerprint density at radius 3 is 3.05 bits per heavy atom. The summed E-state index contributed by atoms with van der Waals surface area (Å²) in [5, 5.41) is 4.25. The lowest BCUT2D eigenvalue weighted by Crippen LogP contribution is -2.51. The van der Waals surface area contributed by atoms with Gasteiger partial charge in [0.05, 0.1) is 25.4 Å². The molecule has 0 aliphatic carbocycles. The van der Waals surface area contributed by atoms with Gasteiger partial charge in [-0.1, -0.05) is 0 Å².